The molecule has 1 heterocycles. The molecular weight excluding hydrogens is 306 g/mol. The number of carbonyl (C=O) groups is 1. The van der Waals surface area contributed by atoms with Crippen LogP contribution in [0.2, 0.25) is 0 Å². The van der Waals surface area contributed by atoms with Crippen molar-refractivity contribution in [2.45, 2.75) is 12.6 Å². The van der Waals surface area contributed by atoms with E-state index in [0.717, 1.165) is 11.8 Å². The Morgan fingerprint density at radius 1 is 1.32 bits per heavy atom. The van der Waals surface area contributed by atoms with E-state index in [-0.39, 0.29) is 0 Å². The monoisotopic (exact) mass is 325 g/mol. The number of hydrogen-bond donors (Lipinski definition) is 0. The van der Waals surface area contributed by atoms with Crippen molar-refractivity contribution in [3.05, 3.63) is 47.5 Å². The van der Waals surface area contributed by atoms with E-state index in [0.29, 0.717) is 25.2 Å². The molecule has 0 bridgehead atoms. The number of carbonyl (C=O) groups excluding carboxylic acids is 1. The smallest absolute Gasteiger partial charge is 0.334 e. The first-order valence-electron chi connectivity index (χ1n) is 6.81. The van der Waals surface area contributed by atoms with Crippen molar-refractivity contribution in [1.29, 1.82) is 0 Å². The molecule has 7 heteroatoms. The Bertz CT molecular complexity index is 654. The second-order valence-corrected chi connectivity index (χ2v) is 6.78. The van der Waals surface area contributed by atoms with Crippen molar-refractivity contribution in [3.8, 4) is 0 Å². The van der Waals surface area contributed by atoms with E-state index >= 15 is 0 Å². The van der Waals surface area contributed by atoms with Crippen LogP contribution in [-0.4, -0.2) is 51.8 Å². The molecule has 0 amide bonds. The fourth-order valence-electron chi connectivity index (χ4n) is 2.40. The summed E-state index contributed by atoms with van der Waals surface area (Å²) in [4.78, 5) is 13.7. The quantitative estimate of drug-likeness (QED) is 0.593. The summed E-state index contributed by atoms with van der Waals surface area (Å²) in [7, 11) is -2.30. The zero-order chi connectivity index (χ0) is 16.2. The summed E-state index contributed by atoms with van der Waals surface area (Å²) in [6, 6.07) is 9.74. The Morgan fingerprint density at radius 3 is 2.59 bits per heavy atom. The van der Waals surface area contributed by atoms with E-state index in [4.69, 9.17) is 8.92 Å². The van der Waals surface area contributed by atoms with Crippen LogP contribution in [0.3, 0.4) is 0 Å². The van der Waals surface area contributed by atoms with E-state index < -0.39 is 22.2 Å². The summed E-state index contributed by atoms with van der Waals surface area (Å²) in [5.74, 6) is -0.472. The predicted octanol–water partition coefficient (Wildman–Crippen LogP) is 0.946. The topological polar surface area (TPSA) is 72.9 Å². The second-order valence-electron chi connectivity index (χ2n) is 5.18. The van der Waals surface area contributed by atoms with E-state index in [2.05, 4.69) is 0 Å². The van der Waals surface area contributed by atoms with Gasteiger partial charge in [-0.3, -0.25) is 9.08 Å². The maximum absolute atomic E-state index is 11.8. The van der Waals surface area contributed by atoms with Crippen LogP contribution < -0.4 is 0 Å². The van der Waals surface area contributed by atoms with Crippen LogP contribution >= 0.6 is 0 Å². The zero-order valence-electron chi connectivity index (χ0n) is 12.6. The van der Waals surface area contributed by atoms with Gasteiger partial charge in [-0.1, -0.05) is 30.3 Å². The van der Waals surface area contributed by atoms with Crippen LogP contribution in [0.25, 0.3) is 0 Å². The molecule has 1 atom stereocenters. The number of ether oxygens (including phenoxy) is 1. The van der Waals surface area contributed by atoms with Gasteiger partial charge in [0.05, 0.1) is 13.4 Å². The second kappa shape index (κ2) is 7.04. The molecule has 1 aliphatic heterocycles. The predicted molar refractivity (Wildman–Crippen MR) is 81.5 cm³/mol. The molecule has 0 N–H and O–H groups in total. The third-order valence-electron chi connectivity index (χ3n) is 3.21. The summed E-state index contributed by atoms with van der Waals surface area (Å²) in [6.45, 7) is 1.38. The standard InChI is InChI=1S/C15H19NO5S/c1-20-15(17)13-8-14(21-22(2,18)19)11-16(10-13)9-12-6-4-3-5-7-12/h3-8,14H,9-11H2,1-2H3. The van der Waals surface area contributed by atoms with Gasteiger partial charge in [0, 0.05) is 25.2 Å². The number of rotatable bonds is 5. The van der Waals surface area contributed by atoms with Gasteiger partial charge in [0.25, 0.3) is 10.1 Å². The van der Waals surface area contributed by atoms with Crippen molar-refractivity contribution in [3.63, 3.8) is 0 Å². The van der Waals surface area contributed by atoms with E-state index in [9.17, 15) is 13.2 Å². The normalized spacial score (nSPS) is 19.5. The van der Waals surface area contributed by atoms with Gasteiger partial charge in [-0.25, -0.2) is 4.79 Å². The molecule has 1 aromatic rings. The first-order chi connectivity index (χ1) is 10.4. The SMILES string of the molecule is COC(=O)C1=CC(OS(C)(=O)=O)CN(Cc2ccccc2)C1. The number of esters is 1. The molecule has 0 saturated heterocycles. The van der Waals surface area contributed by atoms with E-state index in [1.165, 1.54) is 13.2 Å². The van der Waals surface area contributed by atoms with Crippen LogP contribution in [0.1, 0.15) is 5.56 Å². The van der Waals surface area contributed by atoms with E-state index in [1.807, 2.05) is 35.2 Å². The van der Waals surface area contributed by atoms with Crippen LogP contribution in [0, 0.1) is 0 Å². The highest BCUT2D eigenvalue weighted by atomic mass is 32.2. The van der Waals surface area contributed by atoms with Gasteiger partial charge in [-0.2, -0.15) is 8.42 Å². The molecule has 120 valence electrons. The summed E-state index contributed by atoms with van der Waals surface area (Å²) in [5, 5.41) is 0. The fourth-order valence-corrected chi connectivity index (χ4v) is 2.96. The molecule has 0 aromatic heterocycles. The molecule has 6 nitrogen and oxygen atoms in total. The van der Waals surface area contributed by atoms with Gasteiger partial charge < -0.3 is 4.74 Å². The average molecular weight is 325 g/mol. The molecule has 0 saturated carbocycles. The molecule has 2 rings (SSSR count). The zero-order valence-corrected chi connectivity index (χ0v) is 13.4. The Kier molecular flexibility index (Phi) is 5.33. The molecule has 1 aromatic carbocycles. The fraction of sp³-hybridized carbons (Fsp3) is 0.400. The molecule has 0 fully saturated rings. The van der Waals surface area contributed by atoms with Gasteiger partial charge in [0.15, 0.2) is 0 Å². The van der Waals surface area contributed by atoms with Crippen molar-refractivity contribution >= 4 is 16.1 Å². The molecule has 0 spiro atoms. The molecule has 22 heavy (non-hydrogen) atoms. The Morgan fingerprint density at radius 2 is 2.00 bits per heavy atom. The lowest BCUT2D eigenvalue weighted by Crippen LogP contribution is -2.40. The van der Waals surface area contributed by atoms with E-state index in [1.54, 1.807) is 0 Å². The van der Waals surface area contributed by atoms with Crippen LogP contribution in [-0.2, 0) is 30.4 Å². The van der Waals surface area contributed by atoms with Crippen LogP contribution in [0.4, 0.5) is 0 Å². The Balaban J connectivity index is 2.16. The lowest BCUT2D eigenvalue weighted by atomic mass is 10.1. The minimum absolute atomic E-state index is 0.391. The average Bonchev–Trinajstić information content (AvgIpc) is 2.45. The van der Waals surface area contributed by atoms with Gasteiger partial charge >= 0.3 is 5.97 Å². The molecule has 0 radical (unpaired) electrons. The first-order valence-corrected chi connectivity index (χ1v) is 8.62. The minimum Gasteiger partial charge on any atom is -0.466 e. The van der Waals surface area contributed by atoms with Crippen molar-refractivity contribution in [2.24, 2.45) is 0 Å². The maximum atomic E-state index is 11.8. The number of nitrogens with zero attached hydrogens (tertiary/aromatic N) is 1. The number of methoxy groups -OCH3 is 1. The highest BCUT2D eigenvalue weighted by Crippen LogP contribution is 2.17. The molecule has 1 unspecified atom stereocenters. The minimum atomic E-state index is -3.60. The molecule has 1 aliphatic rings. The molecular formula is C15H19NO5S. The summed E-state index contributed by atoms with van der Waals surface area (Å²) in [6.07, 6.45) is 1.82. The summed E-state index contributed by atoms with van der Waals surface area (Å²) < 4.78 is 32.4. The number of hydrogen-bond acceptors (Lipinski definition) is 6. The lowest BCUT2D eigenvalue weighted by molar-refractivity contribution is -0.136. The largest absolute Gasteiger partial charge is 0.466 e. The highest BCUT2D eigenvalue weighted by molar-refractivity contribution is 7.86. The molecule has 0 aliphatic carbocycles. The number of benzene rings is 1. The highest BCUT2D eigenvalue weighted by Gasteiger charge is 2.27. The van der Waals surface area contributed by atoms with Gasteiger partial charge in [0.1, 0.15) is 6.10 Å². The summed E-state index contributed by atoms with van der Waals surface area (Å²) in [5.41, 5.74) is 1.48. The van der Waals surface area contributed by atoms with Crippen molar-refractivity contribution in [2.75, 3.05) is 26.5 Å². The van der Waals surface area contributed by atoms with Crippen molar-refractivity contribution in [1.82, 2.24) is 4.90 Å². The third kappa shape index (κ3) is 4.94. The Labute approximate surface area is 130 Å². The maximum Gasteiger partial charge on any atom is 0.334 e. The Hall–Kier alpha value is -1.70. The summed E-state index contributed by atoms with van der Waals surface area (Å²) >= 11 is 0. The third-order valence-corrected chi connectivity index (χ3v) is 3.81. The lowest BCUT2D eigenvalue weighted by Gasteiger charge is -2.30. The van der Waals surface area contributed by atoms with Crippen LogP contribution in [0.5, 0.6) is 0 Å². The van der Waals surface area contributed by atoms with Gasteiger partial charge in [-0.05, 0) is 11.6 Å². The van der Waals surface area contributed by atoms with Gasteiger partial charge in [-0.15, -0.1) is 0 Å². The first kappa shape index (κ1) is 16.7. The van der Waals surface area contributed by atoms with Gasteiger partial charge in [0.2, 0.25) is 0 Å². The van der Waals surface area contributed by atoms with Crippen molar-refractivity contribution < 1.29 is 22.1 Å². The van der Waals surface area contributed by atoms with Crippen LogP contribution in [0.15, 0.2) is 42.0 Å².